The lowest BCUT2D eigenvalue weighted by Gasteiger charge is -2.42. The Morgan fingerprint density at radius 3 is 1.35 bits per heavy atom. The van der Waals surface area contributed by atoms with E-state index in [2.05, 4.69) is 83.1 Å². The number of benzene rings is 3. The van der Waals surface area contributed by atoms with Crippen molar-refractivity contribution in [3.63, 3.8) is 0 Å². The molecule has 2 N–H and O–H groups in total. The summed E-state index contributed by atoms with van der Waals surface area (Å²) < 4.78 is 0. The maximum atomic E-state index is 11.8. The lowest BCUT2D eigenvalue weighted by atomic mass is 9.64. The van der Waals surface area contributed by atoms with Crippen LogP contribution in [-0.4, -0.2) is 10.2 Å². The molecule has 0 aromatic heterocycles. The van der Waals surface area contributed by atoms with Gasteiger partial charge in [0, 0.05) is 11.3 Å². The molecule has 2 heteroatoms. The molecule has 3 aromatic rings. The highest BCUT2D eigenvalue weighted by Gasteiger charge is 2.56. The lowest BCUT2D eigenvalue weighted by molar-refractivity contribution is -0.0522. The van der Waals surface area contributed by atoms with Gasteiger partial charge in [-0.1, -0.05) is 66.6 Å². The van der Waals surface area contributed by atoms with E-state index in [1.807, 2.05) is 13.8 Å². The molecule has 0 fully saturated rings. The van der Waals surface area contributed by atoms with Crippen LogP contribution in [0.1, 0.15) is 80.7 Å². The number of hydrogen-bond acceptors (Lipinski definition) is 2. The van der Waals surface area contributed by atoms with E-state index in [1.54, 1.807) is 0 Å². The van der Waals surface area contributed by atoms with E-state index in [9.17, 15) is 10.2 Å². The molecule has 2 unspecified atom stereocenters. The number of aliphatic hydroxyl groups excluding tert-OH is 2. The fourth-order valence-corrected chi connectivity index (χ4v) is 5.65. The highest BCUT2D eigenvalue weighted by atomic mass is 16.3. The molecule has 162 valence electrons. The van der Waals surface area contributed by atoms with Crippen molar-refractivity contribution in [2.45, 2.75) is 66.6 Å². The normalized spacial score (nSPS) is 22.8. The SMILES string of the molecule is Cc1ccc(C)c(C(c2cc(C)ccc2C)C2(C)C(O)c3c(C)ccc(C)c3[C@H]2O)c1. The molecule has 0 aliphatic heterocycles. The second kappa shape index (κ2) is 7.62. The fraction of sp³-hybridized carbons (Fsp3) is 0.379. The second-order valence-corrected chi connectivity index (χ2v) is 9.85. The molecular formula is C29H34O2. The predicted molar refractivity (Wildman–Crippen MR) is 128 cm³/mol. The fourth-order valence-electron chi connectivity index (χ4n) is 5.65. The zero-order valence-electron chi connectivity index (χ0n) is 19.7. The van der Waals surface area contributed by atoms with Crippen LogP contribution in [0, 0.1) is 47.0 Å². The molecule has 3 atom stereocenters. The number of hydrogen-bond donors (Lipinski definition) is 2. The third-order valence-corrected chi connectivity index (χ3v) is 7.56. The lowest BCUT2D eigenvalue weighted by Crippen LogP contribution is -2.35. The predicted octanol–water partition coefficient (Wildman–Crippen LogP) is 6.46. The van der Waals surface area contributed by atoms with Crippen LogP contribution in [0.3, 0.4) is 0 Å². The van der Waals surface area contributed by atoms with Gasteiger partial charge in [0.15, 0.2) is 0 Å². The molecular weight excluding hydrogens is 380 g/mol. The first kappa shape index (κ1) is 21.8. The van der Waals surface area contributed by atoms with Crippen molar-refractivity contribution < 1.29 is 10.2 Å². The summed E-state index contributed by atoms with van der Waals surface area (Å²) in [6.45, 7) is 14.6. The Morgan fingerprint density at radius 1 is 0.613 bits per heavy atom. The minimum Gasteiger partial charge on any atom is -0.388 e. The van der Waals surface area contributed by atoms with E-state index in [0.29, 0.717) is 0 Å². The van der Waals surface area contributed by atoms with E-state index in [4.69, 9.17) is 0 Å². The van der Waals surface area contributed by atoms with Gasteiger partial charge in [0.1, 0.15) is 0 Å². The Kier molecular flexibility index (Phi) is 5.36. The highest BCUT2D eigenvalue weighted by Crippen LogP contribution is 2.63. The Morgan fingerprint density at radius 2 is 0.968 bits per heavy atom. The Bertz CT molecular complexity index is 1070. The van der Waals surface area contributed by atoms with Crippen LogP contribution in [-0.2, 0) is 0 Å². The van der Waals surface area contributed by atoms with Gasteiger partial charge in [-0.05, 0) is 86.1 Å². The first-order chi connectivity index (χ1) is 14.6. The van der Waals surface area contributed by atoms with Gasteiger partial charge in [-0.15, -0.1) is 0 Å². The third kappa shape index (κ3) is 3.24. The number of aliphatic hydroxyl groups is 2. The molecule has 0 bridgehead atoms. The minimum absolute atomic E-state index is 0.150. The third-order valence-electron chi connectivity index (χ3n) is 7.56. The highest BCUT2D eigenvalue weighted by molar-refractivity contribution is 5.54. The molecule has 0 spiro atoms. The van der Waals surface area contributed by atoms with Crippen LogP contribution in [0.4, 0.5) is 0 Å². The van der Waals surface area contributed by atoms with Gasteiger partial charge in [-0.25, -0.2) is 0 Å². The molecule has 0 radical (unpaired) electrons. The summed E-state index contributed by atoms with van der Waals surface area (Å²) in [7, 11) is 0. The maximum absolute atomic E-state index is 11.8. The molecule has 4 rings (SSSR count). The Labute approximate surface area is 186 Å². The molecule has 0 amide bonds. The van der Waals surface area contributed by atoms with Gasteiger partial charge in [0.05, 0.1) is 12.2 Å². The summed E-state index contributed by atoms with van der Waals surface area (Å²) in [6, 6.07) is 17.1. The average molecular weight is 415 g/mol. The van der Waals surface area contributed by atoms with Gasteiger partial charge in [0.25, 0.3) is 0 Å². The van der Waals surface area contributed by atoms with Crippen LogP contribution in [0.25, 0.3) is 0 Å². The van der Waals surface area contributed by atoms with Crippen molar-refractivity contribution in [3.05, 3.63) is 104 Å². The van der Waals surface area contributed by atoms with E-state index in [1.165, 1.54) is 33.4 Å². The molecule has 1 aliphatic carbocycles. The molecule has 3 aromatic carbocycles. The first-order valence-corrected chi connectivity index (χ1v) is 11.2. The zero-order valence-corrected chi connectivity index (χ0v) is 19.7. The van der Waals surface area contributed by atoms with Crippen molar-refractivity contribution in [3.8, 4) is 0 Å². The van der Waals surface area contributed by atoms with Crippen molar-refractivity contribution in [1.82, 2.24) is 0 Å². The zero-order chi connectivity index (χ0) is 22.7. The van der Waals surface area contributed by atoms with Gasteiger partial charge in [-0.3, -0.25) is 0 Å². The van der Waals surface area contributed by atoms with E-state index >= 15 is 0 Å². The monoisotopic (exact) mass is 414 g/mol. The number of aryl methyl sites for hydroxylation is 6. The van der Waals surface area contributed by atoms with Crippen LogP contribution >= 0.6 is 0 Å². The van der Waals surface area contributed by atoms with Crippen molar-refractivity contribution in [2.75, 3.05) is 0 Å². The van der Waals surface area contributed by atoms with E-state index in [-0.39, 0.29) is 5.92 Å². The smallest absolute Gasteiger partial charge is 0.0887 e. The Balaban J connectivity index is 2.05. The maximum Gasteiger partial charge on any atom is 0.0887 e. The summed E-state index contributed by atoms with van der Waals surface area (Å²) in [5.41, 5.74) is 10.2. The first-order valence-electron chi connectivity index (χ1n) is 11.2. The Hall–Kier alpha value is -2.42. The molecule has 0 saturated heterocycles. The molecule has 1 aliphatic rings. The molecule has 0 heterocycles. The summed E-state index contributed by atoms with van der Waals surface area (Å²) in [6.07, 6.45) is -1.52. The van der Waals surface area contributed by atoms with Crippen LogP contribution in [0.2, 0.25) is 0 Å². The van der Waals surface area contributed by atoms with E-state index in [0.717, 1.165) is 22.3 Å². The molecule has 2 nitrogen and oxygen atoms in total. The minimum atomic E-state index is -0.795. The molecule has 0 saturated carbocycles. The number of fused-ring (bicyclic) bond motifs is 1. The average Bonchev–Trinajstić information content (AvgIpc) is 2.93. The van der Waals surface area contributed by atoms with Crippen molar-refractivity contribution >= 4 is 0 Å². The molecule has 31 heavy (non-hydrogen) atoms. The second-order valence-electron chi connectivity index (χ2n) is 9.85. The summed E-state index contributed by atoms with van der Waals surface area (Å²) in [5, 5.41) is 23.7. The number of rotatable bonds is 3. The van der Waals surface area contributed by atoms with Gasteiger partial charge >= 0.3 is 0 Å². The van der Waals surface area contributed by atoms with Crippen LogP contribution < -0.4 is 0 Å². The summed E-state index contributed by atoms with van der Waals surface area (Å²) in [4.78, 5) is 0. The summed E-state index contributed by atoms with van der Waals surface area (Å²) >= 11 is 0. The van der Waals surface area contributed by atoms with Gasteiger partial charge < -0.3 is 10.2 Å². The van der Waals surface area contributed by atoms with Gasteiger partial charge in [0.2, 0.25) is 0 Å². The quantitative estimate of drug-likeness (QED) is 0.516. The van der Waals surface area contributed by atoms with Gasteiger partial charge in [-0.2, -0.15) is 0 Å². The van der Waals surface area contributed by atoms with Crippen molar-refractivity contribution in [2.24, 2.45) is 5.41 Å². The summed E-state index contributed by atoms with van der Waals surface area (Å²) in [5.74, 6) is -0.150. The van der Waals surface area contributed by atoms with Crippen molar-refractivity contribution in [1.29, 1.82) is 0 Å². The topological polar surface area (TPSA) is 40.5 Å². The van der Waals surface area contributed by atoms with E-state index < -0.39 is 17.6 Å². The standard InChI is InChI=1S/C29H34O2/c1-16-8-10-18(3)22(14-16)26(23-15-17(2)9-11-19(23)4)29(7)27(30)24-20(5)12-13-21(6)25(24)28(29)31/h8-15,26-28,30-31H,1-7H3/t27-,28?,29?/m1/s1. The van der Waals surface area contributed by atoms with Crippen LogP contribution in [0.15, 0.2) is 48.5 Å². The largest absolute Gasteiger partial charge is 0.388 e. The van der Waals surface area contributed by atoms with Crippen LogP contribution in [0.5, 0.6) is 0 Å².